The van der Waals surface area contributed by atoms with E-state index in [1.807, 2.05) is 6.92 Å². The standard InChI is InChI=1S/C16H27NO6/c1-3-23-10-4-9-17-15(20)8-7-14(19)11-13(16(21)22)6-5-12(2)18/h13H,3-11H2,1-2H3,(H,17,20)(H,21,22)/t13-/m1/s1. The van der Waals surface area contributed by atoms with Gasteiger partial charge in [0.25, 0.3) is 0 Å². The third-order valence-corrected chi connectivity index (χ3v) is 3.29. The highest BCUT2D eigenvalue weighted by atomic mass is 16.5. The Kier molecular flexibility index (Phi) is 11.8. The molecule has 132 valence electrons. The van der Waals surface area contributed by atoms with Gasteiger partial charge in [-0.15, -0.1) is 0 Å². The number of carboxylic acid groups (broad SMARTS) is 1. The Morgan fingerprint density at radius 3 is 2.39 bits per heavy atom. The van der Waals surface area contributed by atoms with Crippen molar-refractivity contribution in [3.05, 3.63) is 0 Å². The predicted octanol–water partition coefficient (Wildman–Crippen LogP) is 1.34. The molecular formula is C16H27NO6. The van der Waals surface area contributed by atoms with Gasteiger partial charge in [-0.1, -0.05) is 0 Å². The molecule has 0 heterocycles. The average molecular weight is 329 g/mol. The number of aliphatic carboxylic acids is 1. The highest BCUT2D eigenvalue weighted by molar-refractivity contribution is 5.87. The predicted molar refractivity (Wildman–Crippen MR) is 84.0 cm³/mol. The lowest BCUT2D eigenvalue weighted by Gasteiger charge is -2.10. The summed E-state index contributed by atoms with van der Waals surface area (Å²) in [5.74, 6) is -2.55. The molecule has 0 bridgehead atoms. The molecule has 0 unspecified atom stereocenters. The molecule has 0 spiro atoms. The summed E-state index contributed by atoms with van der Waals surface area (Å²) in [7, 11) is 0. The minimum absolute atomic E-state index is 0.0150. The summed E-state index contributed by atoms with van der Waals surface area (Å²) in [4.78, 5) is 45.3. The van der Waals surface area contributed by atoms with Gasteiger partial charge in [0.1, 0.15) is 11.6 Å². The van der Waals surface area contributed by atoms with Crippen LogP contribution in [0.5, 0.6) is 0 Å². The van der Waals surface area contributed by atoms with Gasteiger partial charge in [0.05, 0.1) is 5.92 Å². The molecule has 0 radical (unpaired) electrons. The zero-order valence-corrected chi connectivity index (χ0v) is 13.9. The second kappa shape index (κ2) is 12.8. The number of amides is 1. The summed E-state index contributed by atoms with van der Waals surface area (Å²) < 4.78 is 5.13. The second-order valence-corrected chi connectivity index (χ2v) is 5.42. The van der Waals surface area contributed by atoms with Crippen LogP contribution in [0.3, 0.4) is 0 Å². The van der Waals surface area contributed by atoms with Crippen molar-refractivity contribution in [2.45, 2.75) is 52.4 Å². The van der Waals surface area contributed by atoms with Crippen LogP contribution in [0.2, 0.25) is 0 Å². The summed E-state index contributed by atoms with van der Waals surface area (Å²) in [5.41, 5.74) is 0. The van der Waals surface area contributed by atoms with E-state index in [0.717, 1.165) is 0 Å². The van der Waals surface area contributed by atoms with Crippen LogP contribution in [-0.2, 0) is 23.9 Å². The zero-order chi connectivity index (χ0) is 17.7. The molecule has 23 heavy (non-hydrogen) atoms. The van der Waals surface area contributed by atoms with Crippen molar-refractivity contribution in [2.75, 3.05) is 19.8 Å². The first-order valence-electron chi connectivity index (χ1n) is 7.95. The molecule has 0 aliphatic heterocycles. The molecule has 7 heteroatoms. The SMILES string of the molecule is CCOCCCNC(=O)CCC(=O)C[C@@H](CCC(C)=O)C(=O)O. The summed E-state index contributed by atoms with van der Waals surface area (Å²) >= 11 is 0. The lowest BCUT2D eigenvalue weighted by molar-refractivity contribution is -0.144. The van der Waals surface area contributed by atoms with Crippen LogP contribution in [0.15, 0.2) is 0 Å². The Bertz CT molecular complexity index is 407. The van der Waals surface area contributed by atoms with E-state index in [2.05, 4.69) is 5.32 Å². The first-order chi connectivity index (χ1) is 10.9. The van der Waals surface area contributed by atoms with Crippen molar-refractivity contribution >= 4 is 23.4 Å². The number of carboxylic acids is 1. The number of Topliss-reactive ketones (excluding diaryl/α,β-unsaturated/α-hetero) is 2. The van der Waals surface area contributed by atoms with Crippen LogP contribution in [0.1, 0.15) is 52.4 Å². The Labute approximate surface area is 136 Å². The van der Waals surface area contributed by atoms with Crippen LogP contribution in [0.4, 0.5) is 0 Å². The highest BCUT2D eigenvalue weighted by Crippen LogP contribution is 2.14. The smallest absolute Gasteiger partial charge is 0.306 e. The minimum Gasteiger partial charge on any atom is -0.481 e. The number of hydrogen-bond donors (Lipinski definition) is 2. The van der Waals surface area contributed by atoms with E-state index in [9.17, 15) is 19.2 Å². The molecule has 0 saturated carbocycles. The lowest BCUT2D eigenvalue weighted by atomic mass is 9.94. The fourth-order valence-electron chi connectivity index (χ4n) is 1.95. The van der Waals surface area contributed by atoms with Crippen LogP contribution >= 0.6 is 0 Å². The summed E-state index contributed by atoms with van der Waals surface area (Å²) in [6.07, 6.45) is 0.929. The number of rotatable bonds is 14. The van der Waals surface area contributed by atoms with Crippen LogP contribution in [-0.4, -0.2) is 48.3 Å². The van der Waals surface area contributed by atoms with E-state index in [4.69, 9.17) is 9.84 Å². The Balaban J connectivity index is 3.95. The Morgan fingerprint density at radius 1 is 1.13 bits per heavy atom. The molecule has 0 aromatic rings. The number of carbonyl (C=O) groups is 4. The van der Waals surface area contributed by atoms with E-state index >= 15 is 0 Å². The number of ketones is 2. The van der Waals surface area contributed by atoms with Gasteiger partial charge in [-0.2, -0.15) is 0 Å². The minimum atomic E-state index is -1.08. The van der Waals surface area contributed by atoms with Gasteiger partial charge < -0.3 is 20.0 Å². The molecule has 1 amide bonds. The molecule has 0 fully saturated rings. The number of hydrogen-bond acceptors (Lipinski definition) is 5. The largest absolute Gasteiger partial charge is 0.481 e. The second-order valence-electron chi connectivity index (χ2n) is 5.42. The Hall–Kier alpha value is -1.76. The first-order valence-corrected chi connectivity index (χ1v) is 7.95. The fraction of sp³-hybridized carbons (Fsp3) is 0.750. The van der Waals surface area contributed by atoms with Crippen molar-refractivity contribution in [1.82, 2.24) is 5.32 Å². The average Bonchev–Trinajstić information content (AvgIpc) is 2.48. The lowest BCUT2D eigenvalue weighted by Crippen LogP contribution is -2.26. The summed E-state index contributed by atoms with van der Waals surface area (Å²) in [6.45, 7) is 4.98. The molecule has 0 aromatic carbocycles. The van der Waals surface area contributed by atoms with Crippen molar-refractivity contribution in [3.8, 4) is 0 Å². The van der Waals surface area contributed by atoms with Gasteiger partial charge in [-0.25, -0.2) is 0 Å². The molecule has 0 saturated heterocycles. The molecule has 0 rings (SSSR count). The van der Waals surface area contributed by atoms with Crippen LogP contribution < -0.4 is 5.32 Å². The summed E-state index contributed by atoms with van der Waals surface area (Å²) in [5, 5.41) is 11.7. The van der Waals surface area contributed by atoms with Crippen molar-refractivity contribution < 1.29 is 29.0 Å². The van der Waals surface area contributed by atoms with Gasteiger partial charge in [0.2, 0.25) is 5.91 Å². The van der Waals surface area contributed by atoms with Gasteiger partial charge in [0.15, 0.2) is 0 Å². The van der Waals surface area contributed by atoms with Crippen molar-refractivity contribution in [2.24, 2.45) is 5.92 Å². The van der Waals surface area contributed by atoms with E-state index < -0.39 is 11.9 Å². The molecule has 0 aromatic heterocycles. The monoisotopic (exact) mass is 329 g/mol. The number of ether oxygens (including phenoxy) is 1. The molecule has 0 aliphatic rings. The quantitative estimate of drug-likeness (QED) is 0.465. The Morgan fingerprint density at radius 2 is 1.83 bits per heavy atom. The number of carbonyl (C=O) groups excluding carboxylic acids is 3. The molecule has 1 atom stereocenters. The highest BCUT2D eigenvalue weighted by Gasteiger charge is 2.21. The van der Waals surface area contributed by atoms with E-state index in [1.54, 1.807) is 0 Å². The molecule has 0 aliphatic carbocycles. The van der Waals surface area contributed by atoms with Gasteiger partial charge in [-0.3, -0.25) is 14.4 Å². The molecular weight excluding hydrogens is 302 g/mol. The maximum absolute atomic E-state index is 11.8. The van der Waals surface area contributed by atoms with Crippen LogP contribution in [0, 0.1) is 5.92 Å². The maximum atomic E-state index is 11.8. The maximum Gasteiger partial charge on any atom is 0.306 e. The van der Waals surface area contributed by atoms with Gasteiger partial charge >= 0.3 is 5.97 Å². The van der Waals surface area contributed by atoms with E-state index in [0.29, 0.717) is 26.2 Å². The normalized spacial score (nSPS) is 11.7. The van der Waals surface area contributed by atoms with E-state index in [-0.39, 0.29) is 49.6 Å². The van der Waals surface area contributed by atoms with Crippen LogP contribution in [0.25, 0.3) is 0 Å². The third kappa shape index (κ3) is 12.5. The van der Waals surface area contributed by atoms with Crippen molar-refractivity contribution in [3.63, 3.8) is 0 Å². The zero-order valence-electron chi connectivity index (χ0n) is 13.9. The third-order valence-electron chi connectivity index (χ3n) is 3.29. The fourth-order valence-corrected chi connectivity index (χ4v) is 1.95. The topological polar surface area (TPSA) is 110 Å². The van der Waals surface area contributed by atoms with Gasteiger partial charge in [0, 0.05) is 45.4 Å². The number of nitrogens with one attached hydrogen (secondary N) is 1. The first kappa shape index (κ1) is 21.2. The summed E-state index contributed by atoms with van der Waals surface area (Å²) in [6, 6.07) is 0. The molecule has 7 nitrogen and oxygen atoms in total. The van der Waals surface area contributed by atoms with Gasteiger partial charge in [-0.05, 0) is 26.7 Å². The van der Waals surface area contributed by atoms with E-state index in [1.165, 1.54) is 6.92 Å². The van der Waals surface area contributed by atoms with Crippen molar-refractivity contribution in [1.29, 1.82) is 0 Å². The molecule has 2 N–H and O–H groups in total.